The lowest BCUT2D eigenvalue weighted by atomic mass is 10.0. The summed E-state index contributed by atoms with van der Waals surface area (Å²) in [7, 11) is 1.84. The number of nitrogens with zero attached hydrogens (tertiary/aromatic N) is 2. The van der Waals surface area contributed by atoms with Crippen LogP contribution in [0.4, 0.5) is 5.69 Å². The first-order valence-electron chi connectivity index (χ1n) is 8.09. The average molecular weight is 390 g/mol. The Hall–Kier alpha value is -1.34. The van der Waals surface area contributed by atoms with Crippen molar-refractivity contribution in [2.75, 3.05) is 32.0 Å². The van der Waals surface area contributed by atoms with E-state index in [1.54, 1.807) is 24.3 Å². The molecule has 2 N–H and O–H groups in total. The van der Waals surface area contributed by atoms with E-state index in [2.05, 4.69) is 10.2 Å². The summed E-state index contributed by atoms with van der Waals surface area (Å²) in [6.45, 7) is 3.51. The monoisotopic (exact) mass is 389 g/mol. The minimum Gasteiger partial charge on any atom is -0.480 e. The highest BCUT2D eigenvalue weighted by Crippen LogP contribution is 2.19. The Morgan fingerprint density at radius 3 is 2.40 bits per heavy atom. The van der Waals surface area contributed by atoms with Gasteiger partial charge < -0.3 is 10.4 Å². The Bertz CT molecular complexity index is 575. The van der Waals surface area contributed by atoms with Crippen LogP contribution < -0.4 is 5.32 Å². The lowest BCUT2D eigenvalue weighted by molar-refractivity contribution is -0.138. The molecule has 1 aliphatic rings. The summed E-state index contributed by atoms with van der Waals surface area (Å²) in [6.07, 6.45) is 1.73. The van der Waals surface area contributed by atoms with Crippen molar-refractivity contribution < 1.29 is 14.7 Å². The van der Waals surface area contributed by atoms with Crippen LogP contribution in [0, 0.1) is 0 Å². The zero-order chi connectivity index (χ0) is 17.7. The number of aliphatic carboxylic acids is 1. The SMILES string of the molecule is CC(C(=O)Nc1ccc(Cl)cc1)N1CCC(N(C)CC(=O)O)CC1.Cl. The van der Waals surface area contributed by atoms with E-state index in [0.717, 1.165) is 31.6 Å². The second-order valence-corrected chi connectivity index (χ2v) is 6.68. The highest BCUT2D eigenvalue weighted by atomic mass is 35.5. The fraction of sp³-hybridized carbons (Fsp3) is 0.529. The van der Waals surface area contributed by atoms with Gasteiger partial charge in [-0.2, -0.15) is 0 Å². The van der Waals surface area contributed by atoms with Crippen molar-refractivity contribution in [3.8, 4) is 0 Å². The highest BCUT2D eigenvalue weighted by molar-refractivity contribution is 6.30. The van der Waals surface area contributed by atoms with E-state index < -0.39 is 5.97 Å². The zero-order valence-corrected chi connectivity index (χ0v) is 16.0. The lowest BCUT2D eigenvalue weighted by Crippen LogP contribution is -2.50. The van der Waals surface area contributed by atoms with Gasteiger partial charge in [0, 0.05) is 29.8 Å². The number of anilines is 1. The molecule has 2 rings (SSSR count). The number of likely N-dealkylation sites (N-methyl/N-ethyl adjacent to an activating group) is 1. The van der Waals surface area contributed by atoms with Gasteiger partial charge in [-0.3, -0.25) is 19.4 Å². The highest BCUT2D eigenvalue weighted by Gasteiger charge is 2.28. The number of hydrogen-bond acceptors (Lipinski definition) is 4. The van der Waals surface area contributed by atoms with Gasteiger partial charge in [-0.25, -0.2) is 0 Å². The smallest absolute Gasteiger partial charge is 0.317 e. The van der Waals surface area contributed by atoms with Gasteiger partial charge in [0.05, 0.1) is 12.6 Å². The molecular formula is C17H25Cl2N3O3. The number of carbonyl (C=O) groups excluding carboxylic acids is 1. The first-order valence-corrected chi connectivity index (χ1v) is 8.47. The fourth-order valence-electron chi connectivity index (χ4n) is 3.00. The minimum absolute atomic E-state index is 0. The van der Waals surface area contributed by atoms with Gasteiger partial charge in [0.1, 0.15) is 0 Å². The number of amides is 1. The van der Waals surface area contributed by atoms with Crippen LogP contribution in [0.1, 0.15) is 19.8 Å². The van der Waals surface area contributed by atoms with E-state index in [0.29, 0.717) is 5.02 Å². The number of rotatable bonds is 6. The molecule has 1 unspecified atom stereocenters. The number of halogens is 2. The third kappa shape index (κ3) is 6.47. The molecule has 25 heavy (non-hydrogen) atoms. The van der Waals surface area contributed by atoms with Crippen LogP contribution >= 0.6 is 24.0 Å². The van der Waals surface area contributed by atoms with Crippen LogP contribution in [-0.4, -0.2) is 65.5 Å². The van der Waals surface area contributed by atoms with Crippen molar-refractivity contribution in [1.82, 2.24) is 9.80 Å². The second kappa shape index (κ2) is 9.97. The van der Waals surface area contributed by atoms with Crippen molar-refractivity contribution in [1.29, 1.82) is 0 Å². The van der Waals surface area contributed by atoms with E-state index in [1.807, 2.05) is 18.9 Å². The maximum absolute atomic E-state index is 12.4. The standard InChI is InChI=1S/C17H24ClN3O3.ClH/c1-12(17(24)19-14-5-3-13(18)4-6-14)21-9-7-15(8-10-21)20(2)11-16(22)23;/h3-6,12,15H,7-11H2,1-2H3,(H,19,24)(H,22,23);1H. The molecule has 6 nitrogen and oxygen atoms in total. The summed E-state index contributed by atoms with van der Waals surface area (Å²) in [5.41, 5.74) is 0.729. The molecule has 1 atom stereocenters. The summed E-state index contributed by atoms with van der Waals surface area (Å²) in [4.78, 5) is 27.2. The van der Waals surface area contributed by atoms with E-state index in [9.17, 15) is 9.59 Å². The zero-order valence-electron chi connectivity index (χ0n) is 14.4. The van der Waals surface area contributed by atoms with E-state index in [4.69, 9.17) is 16.7 Å². The Morgan fingerprint density at radius 1 is 1.32 bits per heavy atom. The predicted molar refractivity (Wildman–Crippen MR) is 102 cm³/mol. The average Bonchev–Trinajstić information content (AvgIpc) is 2.55. The molecule has 1 aliphatic heterocycles. The van der Waals surface area contributed by atoms with Crippen LogP contribution in [0.3, 0.4) is 0 Å². The van der Waals surface area contributed by atoms with Crippen molar-refractivity contribution in [3.05, 3.63) is 29.3 Å². The number of likely N-dealkylation sites (tertiary alicyclic amines) is 1. The third-order valence-electron chi connectivity index (χ3n) is 4.55. The molecule has 0 aliphatic carbocycles. The molecular weight excluding hydrogens is 365 g/mol. The normalized spacial score (nSPS) is 17.0. The summed E-state index contributed by atoms with van der Waals surface area (Å²) in [6, 6.07) is 7.06. The predicted octanol–water partition coefficient (Wildman–Crippen LogP) is 2.57. The summed E-state index contributed by atoms with van der Waals surface area (Å²) < 4.78 is 0. The van der Waals surface area contributed by atoms with Crippen molar-refractivity contribution >= 4 is 41.6 Å². The number of benzene rings is 1. The van der Waals surface area contributed by atoms with Crippen LogP contribution in [0.25, 0.3) is 0 Å². The first-order chi connectivity index (χ1) is 11.4. The minimum atomic E-state index is -0.810. The Morgan fingerprint density at radius 2 is 1.88 bits per heavy atom. The van der Waals surface area contributed by atoms with Gasteiger partial charge in [0.2, 0.25) is 5.91 Å². The van der Waals surface area contributed by atoms with E-state index in [1.165, 1.54) is 0 Å². The molecule has 1 heterocycles. The second-order valence-electron chi connectivity index (χ2n) is 6.25. The number of nitrogens with one attached hydrogen (secondary N) is 1. The molecule has 1 saturated heterocycles. The fourth-order valence-corrected chi connectivity index (χ4v) is 3.13. The Labute approximate surface area is 159 Å². The molecule has 1 aromatic rings. The van der Waals surface area contributed by atoms with Gasteiger partial charge in [0.25, 0.3) is 0 Å². The number of carboxylic acids is 1. The van der Waals surface area contributed by atoms with Crippen molar-refractivity contribution in [2.45, 2.75) is 31.8 Å². The van der Waals surface area contributed by atoms with Crippen molar-refractivity contribution in [3.63, 3.8) is 0 Å². The molecule has 8 heteroatoms. The van der Waals surface area contributed by atoms with Gasteiger partial charge in [0.15, 0.2) is 0 Å². The lowest BCUT2D eigenvalue weighted by Gasteiger charge is -2.38. The Kier molecular flexibility index (Phi) is 8.65. The topological polar surface area (TPSA) is 72.9 Å². The maximum Gasteiger partial charge on any atom is 0.317 e. The van der Waals surface area contributed by atoms with Gasteiger partial charge in [-0.1, -0.05) is 11.6 Å². The molecule has 0 aromatic heterocycles. The number of carbonyl (C=O) groups is 2. The van der Waals surface area contributed by atoms with E-state index >= 15 is 0 Å². The summed E-state index contributed by atoms with van der Waals surface area (Å²) in [5, 5.41) is 12.4. The molecule has 1 amide bonds. The molecule has 140 valence electrons. The molecule has 1 fully saturated rings. The quantitative estimate of drug-likeness (QED) is 0.781. The van der Waals surface area contributed by atoms with Gasteiger partial charge >= 0.3 is 5.97 Å². The number of hydrogen-bond donors (Lipinski definition) is 2. The molecule has 0 radical (unpaired) electrons. The largest absolute Gasteiger partial charge is 0.480 e. The van der Waals surface area contributed by atoms with Crippen LogP contribution in [0.15, 0.2) is 24.3 Å². The maximum atomic E-state index is 12.4. The molecule has 0 saturated carbocycles. The van der Waals surface area contributed by atoms with Crippen LogP contribution in [0.2, 0.25) is 5.02 Å². The summed E-state index contributed by atoms with van der Waals surface area (Å²) >= 11 is 5.84. The van der Waals surface area contributed by atoms with Crippen molar-refractivity contribution in [2.24, 2.45) is 0 Å². The molecule has 0 spiro atoms. The number of piperidine rings is 1. The van der Waals surface area contributed by atoms with Crippen LogP contribution in [-0.2, 0) is 9.59 Å². The van der Waals surface area contributed by atoms with Gasteiger partial charge in [-0.15, -0.1) is 12.4 Å². The third-order valence-corrected chi connectivity index (χ3v) is 4.80. The molecule has 0 bridgehead atoms. The van der Waals surface area contributed by atoms with Crippen LogP contribution in [0.5, 0.6) is 0 Å². The summed E-state index contributed by atoms with van der Waals surface area (Å²) in [5.74, 6) is -0.856. The number of carboxylic acid groups (broad SMARTS) is 1. The molecule has 1 aromatic carbocycles. The van der Waals surface area contributed by atoms with Gasteiger partial charge in [-0.05, 0) is 51.1 Å². The first kappa shape index (κ1) is 21.7. The Balaban J connectivity index is 0.00000312. The van der Waals surface area contributed by atoms with E-state index in [-0.39, 0.29) is 36.9 Å².